The Kier molecular flexibility index (Phi) is 13.7. The summed E-state index contributed by atoms with van der Waals surface area (Å²) in [5, 5.41) is 23.0. The smallest absolute Gasteiger partial charge is 0.314 e. The molecule has 2 N–H and O–H groups in total. The number of ether oxygens (including phenoxy) is 7. The molecule has 2 fully saturated rings. The van der Waals surface area contributed by atoms with Gasteiger partial charge >= 0.3 is 5.97 Å². The Balaban J connectivity index is 1.92. The van der Waals surface area contributed by atoms with Gasteiger partial charge in [0.05, 0.1) is 24.4 Å². The van der Waals surface area contributed by atoms with Crippen molar-refractivity contribution in [1.82, 2.24) is 0 Å². The number of hydrogen-bond donors (Lipinski definition) is 2. The highest BCUT2D eigenvalue weighted by Crippen LogP contribution is 2.40. The van der Waals surface area contributed by atoms with Crippen molar-refractivity contribution < 1.29 is 48.2 Å². The first-order valence-corrected chi connectivity index (χ1v) is 15.7. The quantitative estimate of drug-likeness (QED) is 0.235. The fourth-order valence-corrected chi connectivity index (χ4v) is 6.21. The van der Waals surface area contributed by atoms with Crippen molar-refractivity contribution >= 4 is 21.9 Å². The highest BCUT2D eigenvalue weighted by molar-refractivity contribution is 9.11. The van der Waals surface area contributed by atoms with Crippen LogP contribution >= 0.6 is 15.9 Å². The second-order valence-corrected chi connectivity index (χ2v) is 12.2. The lowest BCUT2D eigenvalue weighted by atomic mass is 9.83. The van der Waals surface area contributed by atoms with Crippen LogP contribution in [0.25, 0.3) is 0 Å². The van der Waals surface area contributed by atoms with Crippen molar-refractivity contribution in [3.05, 3.63) is 35.4 Å². The molecule has 0 saturated carbocycles. The number of cyclic esters (lactones) is 1. The SMILES string of the molecule is CO[C@@H]1[C@@H](OC)[C@H](C)O[C@@H](O[C@@H]2C[C@H]3O[C@@](O)(C2)[C@@H](C)C(=O)O[C@@H](/C=C/C=C/Br)C[C@@H](C)C=CC[C@H](O)[C@@H]3C)[C@@H]1OC. The van der Waals surface area contributed by atoms with Crippen LogP contribution in [-0.4, -0.2) is 98.4 Å². The van der Waals surface area contributed by atoms with E-state index in [0.717, 1.165) is 0 Å². The largest absolute Gasteiger partial charge is 0.458 e. The minimum Gasteiger partial charge on any atom is -0.458 e. The molecule has 42 heavy (non-hydrogen) atoms. The zero-order valence-electron chi connectivity index (χ0n) is 25.8. The predicted octanol–water partition coefficient (Wildman–Crippen LogP) is 4.02. The van der Waals surface area contributed by atoms with Gasteiger partial charge < -0.3 is 43.4 Å². The Morgan fingerprint density at radius 3 is 2.36 bits per heavy atom. The van der Waals surface area contributed by atoms with Crippen LogP contribution in [0.4, 0.5) is 0 Å². The van der Waals surface area contributed by atoms with Gasteiger partial charge in [0.2, 0.25) is 0 Å². The molecule has 0 aromatic carbocycles. The second-order valence-electron chi connectivity index (χ2n) is 11.7. The van der Waals surface area contributed by atoms with Crippen LogP contribution in [0.15, 0.2) is 35.4 Å². The van der Waals surface area contributed by atoms with E-state index >= 15 is 0 Å². The number of aliphatic hydroxyl groups excluding tert-OH is 1. The Bertz CT molecular complexity index is 943. The highest BCUT2D eigenvalue weighted by Gasteiger charge is 2.52. The lowest BCUT2D eigenvalue weighted by molar-refractivity contribution is -0.348. The van der Waals surface area contributed by atoms with Crippen LogP contribution in [0, 0.1) is 17.8 Å². The van der Waals surface area contributed by atoms with Gasteiger partial charge in [-0.1, -0.05) is 54.1 Å². The van der Waals surface area contributed by atoms with Crippen molar-refractivity contribution in [2.45, 2.75) is 114 Å². The van der Waals surface area contributed by atoms with Crippen molar-refractivity contribution in [2.75, 3.05) is 21.3 Å². The van der Waals surface area contributed by atoms with Crippen LogP contribution in [-0.2, 0) is 38.0 Å². The molecule has 0 spiro atoms. The molecule has 10 nitrogen and oxygen atoms in total. The van der Waals surface area contributed by atoms with Gasteiger partial charge in [0, 0.05) is 40.1 Å². The zero-order chi connectivity index (χ0) is 31.0. The topological polar surface area (TPSA) is 122 Å². The molecule has 3 aliphatic heterocycles. The predicted molar refractivity (Wildman–Crippen MR) is 160 cm³/mol. The van der Waals surface area contributed by atoms with Crippen LogP contribution in [0.2, 0.25) is 0 Å². The maximum absolute atomic E-state index is 13.5. The van der Waals surface area contributed by atoms with Gasteiger partial charge in [-0.3, -0.25) is 4.79 Å². The first-order valence-electron chi connectivity index (χ1n) is 14.8. The van der Waals surface area contributed by atoms with Crippen molar-refractivity contribution in [3.63, 3.8) is 0 Å². The fraction of sp³-hybridized carbons (Fsp3) is 0.774. The first-order chi connectivity index (χ1) is 20.0. The Morgan fingerprint density at radius 2 is 1.71 bits per heavy atom. The number of hydrogen-bond acceptors (Lipinski definition) is 10. The molecule has 3 aliphatic rings. The Labute approximate surface area is 258 Å². The first kappa shape index (κ1) is 35.3. The molecule has 2 saturated heterocycles. The van der Waals surface area contributed by atoms with E-state index in [9.17, 15) is 15.0 Å². The number of allylic oxidation sites excluding steroid dienone is 3. The lowest BCUT2D eigenvalue weighted by Crippen LogP contribution is -2.61. The third kappa shape index (κ3) is 8.73. The number of methoxy groups -OCH3 is 3. The Hall–Kier alpha value is -1.15. The average molecular weight is 662 g/mol. The summed E-state index contributed by atoms with van der Waals surface area (Å²) in [5.74, 6) is -3.81. The van der Waals surface area contributed by atoms with Crippen molar-refractivity contribution in [1.29, 1.82) is 0 Å². The number of carbonyl (C=O) groups excluding carboxylic acids is 1. The minimum absolute atomic E-state index is 0.0122. The van der Waals surface area contributed by atoms with E-state index in [1.807, 2.05) is 39.0 Å². The van der Waals surface area contributed by atoms with Crippen molar-refractivity contribution in [2.24, 2.45) is 17.8 Å². The molecule has 2 bridgehead atoms. The summed E-state index contributed by atoms with van der Waals surface area (Å²) in [6.07, 6.45) is 5.59. The summed E-state index contributed by atoms with van der Waals surface area (Å²) in [6.45, 7) is 7.38. The summed E-state index contributed by atoms with van der Waals surface area (Å²) >= 11 is 3.24. The van der Waals surface area contributed by atoms with E-state index in [2.05, 4.69) is 15.9 Å². The van der Waals surface area contributed by atoms with Gasteiger partial charge in [0.1, 0.15) is 30.3 Å². The number of aliphatic hydroxyl groups is 2. The molecule has 240 valence electrons. The molecule has 0 radical (unpaired) electrons. The van der Waals surface area contributed by atoms with E-state index < -0.39 is 60.6 Å². The molecule has 11 heteroatoms. The molecule has 13 atom stereocenters. The number of esters is 1. The van der Waals surface area contributed by atoms with E-state index in [-0.39, 0.29) is 30.5 Å². The highest BCUT2D eigenvalue weighted by atomic mass is 79.9. The summed E-state index contributed by atoms with van der Waals surface area (Å²) < 4.78 is 41.9. The maximum atomic E-state index is 13.5. The lowest BCUT2D eigenvalue weighted by Gasteiger charge is -2.48. The molecule has 3 heterocycles. The van der Waals surface area contributed by atoms with Crippen LogP contribution in [0.5, 0.6) is 0 Å². The molecule has 0 unspecified atom stereocenters. The molecular weight excluding hydrogens is 612 g/mol. The summed E-state index contributed by atoms with van der Waals surface area (Å²) in [7, 11) is 4.73. The van der Waals surface area contributed by atoms with Gasteiger partial charge in [-0.15, -0.1) is 0 Å². The molecule has 0 aromatic heterocycles. The van der Waals surface area contributed by atoms with E-state index in [1.165, 1.54) is 0 Å². The third-order valence-electron chi connectivity index (χ3n) is 8.69. The van der Waals surface area contributed by atoms with Crippen LogP contribution < -0.4 is 0 Å². The average Bonchev–Trinajstić information content (AvgIpc) is 2.95. The molecular formula is C31H49BrO10. The summed E-state index contributed by atoms with van der Waals surface area (Å²) in [6, 6.07) is 0. The van der Waals surface area contributed by atoms with Gasteiger partial charge in [-0.25, -0.2) is 0 Å². The second kappa shape index (κ2) is 16.2. The van der Waals surface area contributed by atoms with Gasteiger partial charge in [-0.2, -0.15) is 0 Å². The third-order valence-corrected chi connectivity index (χ3v) is 8.99. The minimum atomic E-state index is -1.91. The number of halogens is 1. The standard InChI is InChI=1S/C31H49BrO10/c1-18-11-10-13-24(33)19(2)25-16-23(41-30-28(38-7)27(37-6)26(36-5)21(4)39-30)17-31(35,42-25)20(3)29(34)40-22(15-18)12-8-9-14-32/h8-12,14,18-28,30,33,35H,13,15-17H2,1-7H3/b11-10?,12-8+,14-9+/t18-,19-,20-,21-,22-,23+,24-,25+,26-,27+,28+,30-,31-/m0/s1. The van der Waals surface area contributed by atoms with E-state index in [1.54, 1.807) is 45.4 Å². The molecule has 0 amide bonds. The normalized spacial score (nSPS) is 44.3. The number of rotatable bonds is 7. The molecule has 0 aliphatic carbocycles. The van der Waals surface area contributed by atoms with Crippen LogP contribution in [0.1, 0.15) is 53.4 Å². The van der Waals surface area contributed by atoms with E-state index in [4.69, 9.17) is 33.2 Å². The van der Waals surface area contributed by atoms with Gasteiger partial charge in [0.15, 0.2) is 12.1 Å². The van der Waals surface area contributed by atoms with Gasteiger partial charge in [-0.05, 0) is 43.7 Å². The molecule has 3 rings (SSSR count). The zero-order valence-corrected chi connectivity index (χ0v) is 27.3. The number of fused-ring (bicyclic) bond motifs is 2. The Morgan fingerprint density at radius 1 is 1.02 bits per heavy atom. The van der Waals surface area contributed by atoms with Crippen molar-refractivity contribution in [3.8, 4) is 0 Å². The molecule has 0 aromatic rings. The summed E-state index contributed by atoms with van der Waals surface area (Å²) in [4.78, 5) is 15.2. The summed E-state index contributed by atoms with van der Waals surface area (Å²) in [5.41, 5.74) is 0. The monoisotopic (exact) mass is 660 g/mol. The van der Waals surface area contributed by atoms with Crippen LogP contribution in [0.3, 0.4) is 0 Å². The fourth-order valence-electron chi connectivity index (χ4n) is 6.03. The van der Waals surface area contributed by atoms with E-state index in [0.29, 0.717) is 19.3 Å². The number of carbonyl (C=O) groups is 1. The maximum Gasteiger partial charge on any atom is 0.314 e. The van der Waals surface area contributed by atoms with Gasteiger partial charge in [0.25, 0.3) is 0 Å².